The lowest BCUT2D eigenvalue weighted by Gasteiger charge is -2.07. The predicted molar refractivity (Wildman–Crippen MR) is 79.8 cm³/mol. The Morgan fingerprint density at radius 3 is 2.62 bits per heavy atom. The fraction of sp³-hybridized carbons (Fsp3) is 0.188. The molecule has 0 aliphatic heterocycles. The first kappa shape index (κ1) is 15.2. The first-order chi connectivity index (χ1) is 9.97. The number of carbonyl (C=O) groups is 2. The molecule has 0 saturated carbocycles. The molecule has 1 heterocycles. The number of carbonyl (C=O) groups excluding carboxylic acids is 2. The molecule has 1 aromatic heterocycles. The zero-order valence-electron chi connectivity index (χ0n) is 11.7. The first-order valence-corrected chi connectivity index (χ1v) is 6.74. The van der Waals surface area contributed by atoms with Gasteiger partial charge in [-0.1, -0.05) is 35.4 Å². The molecule has 0 saturated heterocycles. The lowest BCUT2D eigenvalue weighted by atomic mass is 10.0. The number of halogens is 1. The minimum atomic E-state index is -0.671. The Labute approximate surface area is 127 Å². The molecule has 0 bridgehead atoms. The fourth-order valence-electron chi connectivity index (χ4n) is 1.93. The van der Waals surface area contributed by atoms with Crippen LogP contribution >= 0.6 is 11.6 Å². The smallest absolute Gasteiger partial charge is 0.357 e. The van der Waals surface area contributed by atoms with E-state index in [0.29, 0.717) is 10.6 Å². The van der Waals surface area contributed by atoms with Crippen molar-refractivity contribution in [2.45, 2.75) is 13.8 Å². The van der Waals surface area contributed by atoms with Gasteiger partial charge in [-0.05, 0) is 31.5 Å². The molecule has 0 N–H and O–H groups in total. The third-order valence-corrected chi connectivity index (χ3v) is 3.18. The Morgan fingerprint density at radius 1 is 1.19 bits per heavy atom. The van der Waals surface area contributed by atoms with Gasteiger partial charge in [0.05, 0.1) is 0 Å². The molecule has 2 rings (SSSR count). The summed E-state index contributed by atoms with van der Waals surface area (Å²) in [5, 5.41) is 0.387. The van der Waals surface area contributed by atoms with E-state index < -0.39 is 5.97 Å². The van der Waals surface area contributed by atoms with E-state index in [1.165, 1.54) is 12.3 Å². The molecule has 0 aliphatic carbocycles. The average Bonchev–Trinajstić information content (AvgIpc) is 2.44. The number of hydrogen-bond acceptors (Lipinski definition) is 4. The fourth-order valence-corrected chi connectivity index (χ4v) is 2.09. The molecule has 5 heteroatoms. The average molecular weight is 304 g/mol. The summed E-state index contributed by atoms with van der Waals surface area (Å²) in [4.78, 5) is 27.7. The molecule has 4 nitrogen and oxygen atoms in total. The van der Waals surface area contributed by atoms with E-state index in [1.54, 1.807) is 12.1 Å². The maximum absolute atomic E-state index is 12.1. The Balaban J connectivity index is 2.02. The van der Waals surface area contributed by atoms with Gasteiger partial charge in [0.25, 0.3) is 0 Å². The Kier molecular flexibility index (Phi) is 4.70. The van der Waals surface area contributed by atoms with E-state index in [-0.39, 0.29) is 18.1 Å². The highest BCUT2D eigenvalue weighted by molar-refractivity contribution is 6.30. The molecule has 108 valence electrons. The number of hydrogen-bond donors (Lipinski definition) is 0. The van der Waals surface area contributed by atoms with Gasteiger partial charge in [-0.3, -0.25) is 4.79 Å². The summed E-state index contributed by atoms with van der Waals surface area (Å²) >= 11 is 5.77. The van der Waals surface area contributed by atoms with Crippen molar-refractivity contribution in [3.63, 3.8) is 0 Å². The van der Waals surface area contributed by atoms with Crippen molar-refractivity contribution >= 4 is 23.4 Å². The van der Waals surface area contributed by atoms with Crippen LogP contribution in [0.1, 0.15) is 32.0 Å². The summed E-state index contributed by atoms with van der Waals surface area (Å²) in [6.07, 6.45) is 1.41. The minimum Gasteiger partial charge on any atom is -0.453 e. The van der Waals surface area contributed by atoms with Crippen LogP contribution in [0.2, 0.25) is 5.02 Å². The molecular formula is C16H14ClNO3. The first-order valence-electron chi connectivity index (χ1n) is 6.36. The number of nitrogens with zero attached hydrogens (tertiary/aromatic N) is 1. The van der Waals surface area contributed by atoms with Gasteiger partial charge >= 0.3 is 5.97 Å². The van der Waals surface area contributed by atoms with Crippen molar-refractivity contribution in [2.24, 2.45) is 0 Å². The highest BCUT2D eigenvalue weighted by Crippen LogP contribution is 2.12. The molecule has 0 atom stereocenters. The molecule has 21 heavy (non-hydrogen) atoms. The van der Waals surface area contributed by atoms with Gasteiger partial charge in [-0.25, -0.2) is 9.78 Å². The maximum atomic E-state index is 12.1. The van der Waals surface area contributed by atoms with Crippen molar-refractivity contribution in [3.05, 3.63) is 63.9 Å². The van der Waals surface area contributed by atoms with Crippen LogP contribution in [0.3, 0.4) is 0 Å². The van der Waals surface area contributed by atoms with Crippen LogP contribution in [0.25, 0.3) is 0 Å². The van der Waals surface area contributed by atoms with Gasteiger partial charge in [0.1, 0.15) is 5.69 Å². The van der Waals surface area contributed by atoms with Gasteiger partial charge in [-0.2, -0.15) is 0 Å². The number of aromatic nitrogens is 1. The molecule has 1 aromatic carbocycles. The zero-order valence-corrected chi connectivity index (χ0v) is 12.5. The molecule has 2 aromatic rings. The van der Waals surface area contributed by atoms with Crippen LogP contribution in [-0.4, -0.2) is 23.3 Å². The molecule has 0 fully saturated rings. The van der Waals surface area contributed by atoms with Crippen molar-refractivity contribution in [1.29, 1.82) is 0 Å². The number of ether oxygens (including phenoxy) is 1. The molecular weight excluding hydrogens is 290 g/mol. The second kappa shape index (κ2) is 6.50. The highest BCUT2D eigenvalue weighted by Gasteiger charge is 2.14. The quantitative estimate of drug-likeness (QED) is 0.642. The van der Waals surface area contributed by atoms with Crippen LogP contribution < -0.4 is 0 Å². The van der Waals surface area contributed by atoms with Gasteiger partial charge in [0, 0.05) is 16.8 Å². The summed E-state index contributed by atoms with van der Waals surface area (Å²) in [7, 11) is 0. The summed E-state index contributed by atoms with van der Waals surface area (Å²) in [5.74, 6) is -0.918. The number of aryl methyl sites for hydroxylation is 2. The van der Waals surface area contributed by atoms with E-state index in [0.717, 1.165) is 11.1 Å². The Bertz CT molecular complexity index is 698. The van der Waals surface area contributed by atoms with Crippen LogP contribution in [0, 0.1) is 13.8 Å². The van der Waals surface area contributed by atoms with Crippen LogP contribution in [-0.2, 0) is 4.74 Å². The second-order valence-electron chi connectivity index (χ2n) is 4.68. The SMILES string of the molecule is Cc1ccc(C(=O)COC(=O)c2cc(Cl)ccn2)c(C)c1. The molecule has 0 unspecified atom stereocenters. The van der Waals surface area contributed by atoms with E-state index in [1.807, 2.05) is 26.0 Å². The van der Waals surface area contributed by atoms with Crippen LogP contribution in [0.15, 0.2) is 36.5 Å². The number of benzene rings is 1. The summed E-state index contributed by atoms with van der Waals surface area (Å²) in [5.41, 5.74) is 2.56. The normalized spacial score (nSPS) is 10.2. The van der Waals surface area contributed by atoms with E-state index in [2.05, 4.69) is 4.98 Å². The minimum absolute atomic E-state index is 0.0796. The van der Waals surface area contributed by atoms with Gasteiger partial charge < -0.3 is 4.74 Å². The van der Waals surface area contributed by atoms with Gasteiger partial charge in [0.2, 0.25) is 5.78 Å². The summed E-state index contributed by atoms with van der Waals surface area (Å²) in [6, 6.07) is 8.44. The van der Waals surface area contributed by atoms with E-state index in [4.69, 9.17) is 16.3 Å². The number of ketones is 1. The van der Waals surface area contributed by atoms with Crippen molar-refractivity contribution in [2.75, 3.05) is 6.61 Å². The molecule has 0 amide bonds. The van der Waals surface area contributed by atoms with Crippen molar-refractivity contribution in [3.8, 4) is 0 Å². The molecule has 0 aliphatic rings. The summed E-state index contributed by atoms with van der Waals surface area (Å²) in [6.45, 7) is 3.48. The topological polar surface area (TPSA) is 56.3 Å². The standard InChI is InChI=1S/C16H14ClNO3/c1-10-3-4-13(11(2)7-10)15(19)9-21-16(20)14-8-12(17)5-6-18-14/h3-8H,9H2,1-2H3. The molecule has 0 radical (unpaired) electrons. The third-order valence-electron chi connectivity index (χ3n) is 2.95. The lowest BCUT2D eigenvalue weighted by molar-refractivity contribution is 0.0468. The van der Waals surface area contributed by atoms with Crippen LogP contribution in [0.5, 0.6) is 0 Å². The monoisotopic (exact) mass is 303 g/mol. The Morgan fingerprint density at radius 2 is 1.95 bits per heavy atom. The van der Waals surface area contributed by atoms with Crippen LogP contribution in [0.4, 0.5) is 0 Å². The lowest BCUT2D eigenvalue weighted by Crippen LogP contribution is -2.16. The molecule has 0 spiro atoms. The third kappa shape index (κ3) is 3.89. The number of esters is 1. The maximum Gasteiger partial charge on any atom is 0.357 e. The largest absolute Gasteiger partial charge is 0.453 e. The van der Waals surface area contributed by atoms with E-state index in [9.17, 15) is 9.59 Å². The van der Waals surface area contributed by atoms with Crippen molar-refractivity contribution < 1.29 is 14.3 Å². The summed E-state index contributed by atoms with van der Waals surface area (Å²) < 4.78 is 4.97. The predicted octanol–water partition coefficient (Wildman–Crippen LogP) is 3.39. The second-order valence-corrected chi connectivity index (χ2v) is 5.11. The van der Waals surface area contributed by atoms with Gasteiger partial charge in [0.15, 0.2) is 6.61 Å². The number of Topliss-reactive ketones (excluding diaryl/α,β-unsaturated/α-hetero) is 1. The van der Waals surface area contributed by atoms with Gasteiger partial charge in [-0.15, -0.1) is 0 Å². The highest BCUT2D eigenvalue weighted by atomic mass is 35.5. The van der Waals surface area contributed by atoms with Crippen molar-refractivity contribution in [1.82, 2.24) is 4.98 Å². The number of pyridine rings is 1. The zero-order chi connectivity index (χ0) is 15.4. The number of rotatable bonds is 4. The Hall–Kier alpha value is -2.20. The van der Waals surface area contributed by atoms with E-state index >= 15 is 0 Å².